The third-order valence-corrected chi connectivity index (χ3v) is 4.48. The minimum absolute atomic E-state index is 0.550. The summed E-state index contributed by atoms with van der Waals surface area (Å²) in [6.45, 7) is 7.17. The van der Waals surface area contributed by atoms with E-state index >= 15 is 0 Å². The molecule has 0 radical (unpaired) electrons. The molecule has 0 heteroatoms. The summed E-state index contributed by atoms with van der Waals surface area (Å²) < 4.78 is 0. The van der Waals surface area contributed by atoms with Gasteiger partial charge in [0.2, 0.25) is 0 Å². The normalized spacial score (nSPS) is 27.6. The van der Waals surface area contributed by atoms with Crippen LogP contribution < -0.4 is 0 Å². The average Bonchev–Trinajstić information content (AvgIpc) is 2.00. The van der Waals surface area contributed by atoms with Gasteiger partial charge in [0, 0.05) is 0 Å². The number of hydrogen-bond donors (Lipinski definition) is 0. The van der Waals surface area contributed by atoms with E-state index in [9.17, 15) is 0 Å². The van der Waals surface area contributed by atoms with Crippen LogP contribution in [0.4, 0.5) is 0 Å². The molecule has 2 aliphatic carbocycles. The maximum Gasteiger partial charge on any atom is -0.0297 e. The summed E-state index contributed by atoms with van der Waals surface area (Å²) in [6, 6.07) is 0. The zero-order chi connectivity index (χ0) is 10.2. The Morgan fingerprint density at radius 2 is 1.57 bits per heavy atom. The van der Waals surface area contributed by atoms with Gasteiger partial charge in [0.05, 0.1) is 0 Å². The minimum Gasteiger partial charge on any atom is -0.0602 e. The SMILES string of the molecule is CC(C)(C)CC1CCC2(CCC2)CC1. The van der Waals surface area contributed by atoms with Gasteiger partial charge in [-0.2, -0.15) is 0 Å². The van der Waals surface area contributed by atoms with Gasteiger partial charge in [-0.15, -0.1) is 0 Å². The highest BCUT2D eigenvalue weighted by molar-refractivity contribution is 4.92. The van der Waals surface area contributed by atoms with Crippen molar-refractivity contribution in [1.29, 1.82) is 0 Å². The van der Waals surface area contributed by atoms with Crippen LogP contribution in [0, 0.1) is 16.7 Å². The molecular formula is C14H26. The van der Waals surface area contributed by atoms with Crippen molar-refractivity contribution in [2.45, 2.75) is 72.1 Å². The van der Waals surface area contributed by atoms with Crippen LogP contribution >= 0.6 is 0 Å². The second kappa shape index (κ2) is 3.54. The van der Waals surface area contributed by atoms with E-state index < -0.39 is 0 Å². The predicted molar refractivity (Wildman–Crippen MR) is 62.3 cm³/mol. The van der Waals surface area contributed by atoms with E-state index in [0.717, 1.165) is 11.3 Å². The molecular weight excluding hydrogens is 168 g/mol. The standard InChI is InChI=1S/C14H26/c1-13(2,3)11-12-5-9-14(10-6-12)7-4-8-14/h12H,4-11H2,1-3H3. The number of hydrogen-bond acceptors (Lipinski definition) is 0. The summed E-state index contributed by atoms with van der Waals surface area (Å²) in [5.41, 5.74) is 1.41. The summed E-state index contributed by atoms with van der Waals surface area (Å²) >= 11 is 0. The van der Waals surface area contributed by atoms with Crippen LogP contribution in [0.1, 0.15) is 72.1 Å². The smallest absolute Gasteiger partial charge is 0.0297 e. The number of rotatable bonds is 1. The van der Waals surface area contributed by atoms with Crippen molar-refractivity contribution in [3.63, 3.8) is 0 Å². The Morgan fingerprint density at radius 1 is 1.00 bits per heavy atom. The Hall–Kier alpha value is 0. The topological polar surface area (TPSA) is 0 Å². The fourth-order valence-corrected chi connectivity index (χ4v) is 3.54. The molecule has 0 aromatic rings. The van der Waals surface area contributed by atoms with Crippen LogP contribution in [0.15, 0.2) is 0 Å². The molecule has 2 aliphatic rings. The maximum absolute atomic E-state index is 2.39. The first-order chi connectivity index (χ1) is 6.49. The average molecular weight is 194 g/mol. The van der Waals surface area contributed by atoms with E-state index in [1.807, 2.05) is 0 Å². The van der Waals surface area contributed by atoms with E-state index in [1.54, 1.807) is 25.7 Å². The third kappa shape index (κ3) is 2.32. The Morgan fingerprint density at radius 3 is 1.93 bits per heavy atom. The van der Waals surface area contributed by atoms with Crippen molar-refractivity contribution in [3.05, 3.63) is 0 Å². The second-order valence-corrected chi connectivity index (χ2v) is 7.06. The molecule has 82 valence electrons. The Bertz CT molecular complexity index is 183. The second-order valence-electron chi connectivity index (χ2n) is 7.06. The zero-order valence-electron chi connectivity index (χ0n) is 10.2. The van der Waals surface area contributed by atoms with Crippen LogP contribution in [0.25, 0.3) is 0 Å². The maximum atomic E-state index is 2.39. The lowest BCUT2D eigenvalue weighted by atomic mass is 9.58. The lowest BCUT2D eigenvalue weighted by molar-refractivity contribution is 0.0456. The first-order valence-electron chi connectivity index (χ1n) is 6.49. The first kappa shape index (κ1) is 10.5. The highest BCUT2D eigenvalue weighted by Crippen LogP contribution is 2.53. The van der Waals surface area contributed by atoms with Gasteiger partial charge in [-0.1, -0.05) is 27.2 Å². The van der Waals surface area contributed by atoms with Gasteiger partial charge in [0.1, 0.15) is 0 Å². The molecule has 0 nitrogen and oxygen atoms in total. The van der Waals surface area contributed by atoms with Crippen molar-refractivity contribution in [2.75, 3.05) is 0 Å². The summed E-state index contributed by atoms with van der Waals surface area (Å²) in [6.07, 6.45) is 12.2. The Labute approximate surface area is 89.5 Å². The van der Waals surface area contributed by atoms with Crippen molar-refractivity contribution in [1.82, 2.24) is 0 Å². The fourth-order valence-electron chi connectivity index (χ4n) is 3.54. The zero-order valence-corrected chi connectivity index (χ0v) is 10.2. The van der Waals surface area contributed by atoms with E-state index in [1.165, 1.54) is 25.7 Å². The van der Waals surface area contributed by atoms with Gasteiger partial charge >= 0.3 is 0 Å². The Kier molecular flexibility index (Phi) is 2.66. The molecule has 0 N–H and O–H groups in total. The summed E-state index contributed by atoms with van der Waals surface area (Å²) in [5.74, 6) is 1.04. The van der Waals surface area contributed by atoms with Crippen LogP contribution in [-0.2, 0) is 0 Å². The van der Waals surface area contributed by atoms with E-state index in [2.05, 4.69) is 20.8 Å². The largest absolute Gasteiger partial charge is 0.0602 e. The van der Waals surface area contributed by atoms with E-state index in [-0.39, 0.29) is 0 Å². The van der Waals surface area contributed by atoms with Crippen molar-refractivity contribution in [3.8, 4) is 0 Å². The van der Waals surface area contributed by atoms with Gasteiger partial charge in [0.15, 0.2) is 0 Å². The van der Waals surface area contributed by atoms with Crippen LogP contribution in [-0.4, -0.2) is 0 Å². The van der Waals surface area contributed by atoms with Crippen molar-refractivity contribution in [2.24, 2.45) is 16.7 Å². The summed E-state index contributed by atoms with van der Waals surface area (Å²) in [5, 5.41) is 0. The van der Waals surface area contributed by atoms with Gasteiger partial charge in [-0.25, -0.2) is 0 Å². The molecule has 14 heavy (non-hydrogen) atoms. The molecule has 0 amide bonds. The molecule has 0 heterocycles. The van der Waals surface area contributed by atoms with Gasteiger partial charge < -0.3 is 0 Å². The minimum atomic E-state index is 0.550. The Balaban J connectivity index is 1.78. The predicted octanol–water partition coefficient (Wildman–Crippen LogP) is 4.78. The molecule has 2 saturated carbocycles. The summed E-state index contributed by atoms with van der Waals surface area (Å²) in [4.78, 5) is 0. The molecule has 0 aromatic carbocycles. The van der Waals surface area contributed by atoms with Crippen LogP contribution in [0.2, 0.25) is 0 Å². The highest BCUT2D eigenvalue weighted by atomic mass is 14.5. The van der Waals surface area contributed by atoms with Crippen molar-refractivity contribution < 1.29 is 0 Å². The first-order valence-corrected chi connectivity index (χ1v) is 6.49. The molecule has 1 spiro atoms. The quantitative estimate of drug-likeness (QED) is 0.563. The van der Waals surface area contributed by atoms with Gasteiger partial charge in [-0.05, 0) is 61.7 Å². The van der Waals surface area contributed by atoms with E-state index in [4.69, 9.17) is 0 Å². The molecule has 2 rings (SSSR count). The van der Waals surface area contributed by atoms with Crippen molar-refractivity contribution >= 4 is 0 Å². The molecule has 0 aromatic heterocycles. The van der Waals surface area contributed by atoms with Gasteiger partial charge in [0.25, 0.3) is 0 Å². The van der Waals surface area contributed by atoms with Crippen LogP contribution in [0.3, 0.4) is 0 Å². The molecule has 0 atom stereocenters. The molecule has 0 unspecified atom stereocenters. The lowest BCUT2D eigenvalue weighted by Crippen LogP contribution is -2.34. The summed E-state index contributed by atoms with van der Waals surface area (Å²) in [7, 11) is 0. The van der Waals surface area contributed by atoms with Gasteiger partial charge in [-0.3, -0.25) is 0 Å². The molecule has 0 bridgehead atoms. The highest BCUT2D eigenvalue weighted by Gasteiger charge is 2.40. The monoisotopic (exact) mass is 194 g/mol. The third-order valence-electron chi connectivity index (χ3n) is 4.48. The molecule has 2 fully saturated rings. The lowest BCUT2D eigenvalue weighted by Gasteiger charge is -2.47. The molecule has 0 saturated heterocycles. The fraction of sp³-hybridized carbons (Fsp3) is 1.00. The van der Waals surface area contributed by atoms with E-state index in [0.29, 0.717) is 5.41 Å². The van der Waals surface area contributed by atoms with Crippen LogP contribution in [0.5, 0.6) is 0 Å². The molecule has 0 aliphatic heterocycles.